The van der Waals surface area contributed by atoms with Crippen molar-refractivity contribution in [3.8, 4) is 0 Å². The van der Waals surface area contributed by atoms with E-state index in [2.05, 4.69) is 19.1 Å². The van der Waals surface area contributed by atoms with E-state index in [9.17, 15) is 4.79 Å². The first-order chi connectivity index (χ1) is 8.11. The van der Waals surface area contributed by atoms with Crippen LogP contribution in [-0.2, 0) is 14.3 Å². The first-order valence-electron chi connectivity index (χ1n) is 5.79. The average molecular weight is 238 g/mol. The fraction of sp³-hybridized carbons (Fsp3) is 0.500. The summed E-state index contributed by atoms with van der Waals surface area (Å²) in [5.74, 6) is -0.339. The van der Waals surface area contributed by atoms with Crippen LogP contribution in [0.25, 0.3) is 0 Å². The maximum Gasteiger partial charge on any atom is 0.310 e. The van der Waals surface area contributed by atoms with Gasteiger partial charge >= 0.3 is 5.97 Å². The highest BCUT2D eigenvalue weighted by molar-refractivity contribution is 5.72. The largest absolute Gasteiger partial charge is 0.466 e. The molecule has 0 radical (unpaired) electrons. The number of aryl methyl sites for hydroxylation is 1. The van der Waals surface area contributed by atoms with E-state index >= 15 is 0 Å². The van der Waals surface area contributed by atoms with Gasteiger partial charge in [0.25, 0.3) is 0 Å². The van der Waals surface area contributed by atoms with Crippen LogP contribution in [0.15, 0.2) is 30.3 Å². The summed E-state index contributed by atoms with van der Waals surface area (Å²) in [6.07, 6.45) is 0. The lowest BCUT2D eigenvalue weighted by molar-refractivity contribution is -0.149. The molecule has 1 atom stereocenters. The van der Waals surface area contributed by atoms with Gasteiger partial charge in [-0.1, -0.05) is 35.9 Å². The van der Waals surface area contributed by atoms with Gasteiger partial charge in [0, 0.05) is 7.11 Å². The van der Waals surface area contributed by atoms with Crippen molar-refractivity contribution in [1.29, 1.82) is 0 Å². The first kappa shape index (κ1) is 15.7. The van der Waals surface area contributed by atoms with E-state index in [4.69, 9.17) is 9.47 Å². The van der Waals surface area contributed by atoms with Crippen LogP contribution in [0.4, 0.5) is 0 Å². The quantitative estimate of drug-likeness (QED) is 0.757. The summed E-state index contributed by atoms with van der Waals surface area (Å²) in [7, 11) is 1.57. The Balaban J connectivity index is 0.000000318. The van der Waals surface area contributed by atoms with Gasteiger partial charge in [-0.15, -0.1) is 0 Å². The third-order valence-corrected chi connectivity index (χ3v) is 2.05. The number of ether oxygens (including phenoxy) is 2. The Kier molecular flexibility index (Phi) is 9.06. The van der Waals surface area contributed by atoms with Gasteiger partial charge in [-0.2, -0.15) is 0 Å². The predicted octanol–water partition coefficient (Wildman–Crippen LogP) is 2.83. The Bertz CT molecular complexity index is 296. The second-order valence-electron chi connectivity index (χ2n) is 3.76. The van der Waals surface area contributed by atoms with Crippen molar-refractivity contribution in [2.45, 2.75) is 20.8 Å². The molecule has 0 saturated heterocycles. The van der Waals surface area contributed by atoms with E-state index in [1.54, 1.807) is 21.0 Å². The van der Waals surface area contributed by atoms with Gasteiger partial charge < -0.3 is 9.47 Å². The number of esters is 1. The van der Waals surface area contributed by atoms with Crippen molar-refractivity contribution >= 4 is 5.97 Å². The molecule has 1 rings (SSSR count). The Morgan fingerprint density at radius 3 is 2.24 bits per heavy atom. The summed E-state index contributed by atoms with van der Waals surface area (Å²) in [5.41, 5.74) is 1.32. The molecule has 0 fully saturated rings. The molecule has 0 saturated carbocycles. The van der Waals surface area contributed by atoms with Crippen LogP contribution in [0, 0.1) is 12.8 Å². The molecule has 0 aliphatic rings. The number of hydrogen-bond donors (Lipinski definition) is 0. The van der Waals surface area contributed by atoms with Crippen molar-refractivity contribution in [2.24, 2.45) is 5.92 Å². The van der Waals surface area contributed by atoms with E-state index < -0.39 is 0 Å². The summed E-state index contributed by atoms with van der Waals surface area (Å²) >= 11 is 0. The van der Waals surface area contributed by atoms with Crippen molar-refractivity contribution in [1.82, 2.24) is 0 Å². The zero-order valence-electron chi connectivity index (χ0n) is 11.1. The smallest absolute Gasteiger partial charge is 0.310 e. The highest BCUT2D eigenvalue weighted by Gasteiger charge is 2.12. The van der Waals surface area contributed by atoms with Crippen LogP contribution < -0.4 is 0 Å². The third kappa shape index (κ3) is 8.46. The fourth-order valence-corrected chi connectivity index (χ4v) is 1.14. The molecule has 0 N–H and O–H groups in total. The lowest BCUT2D eigenvalue weighted by Crippen LogP contribution is -2.18. The Morgan fingerprint density at radius 1 is 1.29 bits per heavy atom. The van der Waals surface area contributed by atoms with Crippen LogP contribution in [0.2, 0.25) is 0 Å². The van der Waals surface area contributed by atoms with Crippen molar-refractivity contribution in [3.05, 3.63) is 35.9 Å². The van der Waals surface area contributed by atoms with Crippen LogP contribution in [0.5, 0.6) is 0 Å². The molecule has 0 aliphatic carbocycles. The van der Waals surface area contributed by atoms with E-state index in [-0.39, 0.29) is 11.9 Å². The normalized spacial score (nSPS) is 11.1. The molecule has 96 valence electrons. The van der Waals surface area contributed by atoms with Crippen molar-refractivity contribution < 1.29 is 14.3 Å². The summed E-state index contributed by atoms with van der Waals surface area (Å²) in [4.78, 5) is 10.8. The molecular weight excluding hydrogens is 216 g/mol. The fourth-order valence-electron chi connectivity index (χ4n) is 1.14. The predicted molar refractivity (Wildman–Crippen MR) is 68.9 cm³/mol. The molecule has 0 heterocycles. The van der Waals surface area contributed by atoms with Crippen LogP contribution in [0.1, 0.15) is 19.4 Å². The van der Waals surface area contributed by atoms with Gasteiger partial charge in [-0.25, -0.2) is 0 Å². The lowest BCUT2D eigenvalue weighted by Gasteiger charge is -2.07. The summed E-state index contributed by atoms with van der Waals surface area (Å²) in [6.45, 7) is 6.52. The zero-order valence-corrected chi connectivity index (χ0v) is 11.1. The zero-order chi connectivity index (χ0) is 13.1. The Morgan fingerprint density at radius 2 is 1.88 bits per heavy atom. The molecule has 1 aromatic rings. The van der Waals surface area contributed by atoms with Gasteiger partial charge in [0.2, 0.25) is 0 Å². The molecular formula is C14H22O3. The molecule has 3 heteroatoms. The average Bonchev–Trinajstić information content (AvgIpc) is 2.31. The van der Waals surface area contributed by atoms with Crippen molar-refractivity contribution in [3.63, 3.8) is 0 Å². The van der Waals surface area contributed by atoms with E-state index in [0.29, 0.717) is 13.2 Å². The SMILES string of the molecule is CCOC(=O)C(C)COC.Cc1ccccc1. The first-order valence-corrected chi connectivity index (χ1v) is 5.79. The summed E-state index contributed by atoms with van der Waals surface area (Å²) in [6, 6.07) is 10.3. The maximum absolute atomic E-state index is 10.8. The number of carbonyl (C=O) groups is 1. The molecule has 1 unspecified atom stereocenters. The third-order valence-electron chi connectivity index (χ3n) is 2.05. The number of methoxy groups -OCH3 is 1. The van der Waals surface area contributed by atoms with Crippen LogP contribution in [-0.4, -0.2) is 26.3 Å². The molecule has 0 aromatic heterocycles. The topological polar surface area (TPSA) is 35.5 Å². The van der Waals surface area contributed by atoms with Gasteiger partial charge in [-0.3, -0.25) is 4.79 Å². The minimum Gasteiger partial charge on any atom is -0.466 e. The molecule has 0 aliphatic heterocycles. The molecule has 1 aromatic carbocycles. The summed E-state index contributed by atoms with van der Waals surface area (Å²) in [5, 5.41) is 0. The van der Waals surface area contributed by atoms with Gasteiger partial charge in [0.05, 0.1) is 19.1 Å². The highest BCUT2D eigenvalue weighted by atomic mass is 16.5. The van der Waals surface area contributed by atoms with E-state index in [1.807, 2.05) is 18.2 Å². The molecule has 0 spiro atoms. The lowest BCUT2D eigenvalue weighted by atomic mass is 10.2. The minimum absolute atomic E-state index is 0.148. The number of benzene rings is 1. The molecule has 3 nitrogen and oxygen atoms in total. The van der Waals surface area contributed by atoms with Gasteiger partial charge in [-0.05, 0) is 20.8 Å². The molecule has 17 heavy (non-hydrogen) atoms. The summed E-state index contributed by atoms with van der Waals surface area (Å²) < 4.78 is 9.51. The monoisotopic (exact) mass is 238 g/mol. The minimum atomic E-state index is -0.190. The maximum atomic E-state index is 10.8. The number of carbonyl (C=O) groups excluding carboxylic acids is 1. The number of hydrogen-bond acceptors (Lipinski definition) is 3. The Hall–Kier alpha value is -1.35. The second-order valence-corrected chi connectivity index (χ2v) is 3.76. The molecule has 0 amide bonds. The van der Waals surface area contributed by atoms with E-state index in [0.717, 1.165) is 0 Å². The van der Waals surface area contributed by atoms with Crippen LogP contribution >= 0.6 is 0 Å². The van der Waals surface area contributed by atoms with Crippen molar-refractivity contribution in [2.75, 3.05) is 20.3 Å². The molecule has 0 bridgehead atoms. The standard InChI is InChI=1S/C7H14O3.C7H8/c1-4-10-7(8)6(2)5-9-3;1-7-5-3-2-4-6-7/h6H,4-5H2,1-3H3;2-6H,1H3. The highest BCUT2D eigenvalue weighted by Crippen LogP contribution is 1.97. The number of rotatable bonds is 4. The van der Waals surface area contributed by atoms with E-state index in [1.165, 1.54) is 5.56 Å². The van der Waals surface area contributed by atoms with Gasteiger partial charge in [0.15, 0.2) is 0 Å². The van der Waals surface area contributed by atoms with Crippen LogP contribution in [0.3, 0.4) is 0 Å². The second kappa shape index (κ2) is 9.85. The Labute approximate surface area is 104 Å². The van der Waals surface area contributed by atoms with Gasteiger partial charge in [0.1, 0.15) is 0 Å².